The van der Waals surface area contributed by atoms with Crippen molar-refractivity contribution in [1.29, 1.82) is 0 Å². The molecule has 1 aliphatic rings. The minimum Gasteiger partial charge on any atom is -0.496 e. The molecule has 4 rings (SSSR count). The molecule has 3 aromatic rings. The maximum Gasteiger partial charge on any atom is 0.263 e. The van der Waals surface area contributed by atoms with Crippen LogP contribution in [0.25, 0.3) is 16.3 Å². The van der Waals surface area contributed by atoms with Crippen molar-refractivity contribution in [3.05, 3.63) is 64.7 Å². The molecular weight excluding hydrogens is 410 g/mol. The first kappa shape index (κ1) is 21.5. The molecule has 1 atom stereocenters. The quantitative estimate of drug-likeness (QED) is 0.581. The average molecular weight is 438 g/mol. The molecule has 1 amide bonds. The molecule has 0 radical (unpaired) electrons. The van der Waals surface area contributed by atoms with E-state index < -0.39 is 0 Å². The van der Waals surface area contributed by atoms with E-state index in [9.17, 15) is 4.79 Å². The monoisotopic (exact) mass is 437 g/mol. The summed E-state index contributed by atoms with van der Waals surface area (Å²) in [6.07, 6.45) is 5.85. The fourth-order valence-corrected chi connectivity index (χ4v) is 5.02. The van der Waals surface area contributed by atoms with Crippen molar-refractivity contribution < 1.29 is 14.3 Å². The van der Waals surface area contributed by atoms with Crippen LogP contribution in [0.15, 0.2) is 48.7 Å². The highest BCUT2D eigenvalue weighted by Gasteiger charge is 2.30. The van der Waals surface area contributed by atoms with Crippen LogP contribution in [-0.2, 0) is 4.74 Å². The standard InChI is InChI=1S/C24H27N3O3S/c1-26(2)24(28)22-21(18-10-6-12-25-23(18)31-22)20-16-27(14-15-30-20)13-7-9-17-8-4-5-11-19(17)29-3/h4-12,20H,13-16H2,1-3H3. The Hall–Kier alpha value is -2.74. The van der Waals surface area contributed by atoms with Gasteiger partial charge in [-0.15, -0.1) is 11.3 Å². The van der Waals surface area contributed by atoms with Crippen LogP contribution in [-0.4, -0.2) is 68.1 Å². The van der Waals surface area contributed by atoms with Crippen LogP contribution in [0.1, 0.15) is 26.9 Å². The van der Waals surface area contributed by atoms with E-state index in [1.165, 1.54) is 11.3 Å². The Balaban J connectivity index is 1.55. The topological polar surface area (TPSA) is 54.9 Å². The number of para-hydroxylation sites is 1. The normalized spacial score (nSPS) is 17.3. The molecule has 0 aliphatic carbocycles. The highest BCUT2D eigenvalue weighted by Crippen LogP contribution is 2.37. The van der Waals surface area contributed by atoms with Gasteiger partial charge in [0.05, 0.1) is 19.8 Å². The second kappa shape index (κ2) is 9.60. The molecule has 0 spiro atoms. The van der Waals surface area contributed by atoms with Gasteiger partial charge in [0.2, 0.25) is 0 Å². The van der Waals surface area contributed by atoms with Gasteiger partial charge >= 0.3 is 0 Å². The summed E-state index contributed by atoms with van der Waals surface area (Å²) in [5.41, 5.74) is 2.02. The molecule has 1 aromatic carbocycles. The highest BCUT2D eigenvalue weighted by molar-refractivity contribution is 7.20. The Morgan fingerprint density at radius 1 is 1.32 bits per heavy atom. The van der Waals surface area contributed by atoms with Gasteiger partial charge in [-0.1, -0.05) is 36.4 Å². The molecule has 6 nitrogen and oxygen atoms in total. The number of hydrogen-bond acceptors (Lipinski definition) is 6. The van der Waals surface area contributed by atoms with E-state index in [2.05, 4.69) is 22.0 Å². The lowest BCUT2D eigenvalue weighted by Gasteiger charge is -2.32. The van der Waals surface area contributed by atoms with Gasteiger partial charge in [0.25, 0.3) is 5.91 Å². The predicted molar refractivity (Wildman–Crippen MR) is 125 cm³/mol. The zero-order valence-corrected chi connectivity index (χ0v) is 18.9. The molecule has 0 N–H and O–H groups in total. The molecule has 162 valence electrons. The Labute approximate surface area is 186 Å². The van der Waals surface area contributed by atoms with Crippen molar-refractivity contribution in [1.82, 2.24) is 14.8 Å². The molecule has 7 heteroatoms. The Morgan fingerprint density at radius 3 is 2.97 bits per heavy atom. The second-order valence-corrected chi connectivity index (χ2v) is 8.66. The van der Waals surface area contributed by atoms with E-state index in [0.717, 1.165) is 51.6 Å². The van der Waals surface area contributed by atoms with E-state index in [1.807, 2.05) is 36.4 Å². The summed E-state index contributed by atoms with van der Waals surface area (Å²) < 4.78 is 11.6. The Kier molecular flexibility index (Phi) is 6.65. The SMILES string of the molecule is COc1ccccc1C=CCN1CCOC(c2c(C(=O)N(C)C)sc3ncccc23)C1. The number of carbonyl (C=O) groups is 1. The molecule has 1 aliphatic heterocycles. The van der Waals surface area contributed by atoms with E-state index in [-0.39, 0.29) is 12.0 Å². The first-order chi connectivity index (χ1) is 15.1. The van der Waals surface area contributed by atoms with Crippen LogP contribution in [0, 0.1) is 0 Å². The van der Waals surface area contributed by atoms with Crippen molar-refractivity contribution in [3.63, 3.8) is 0 Å². The van der Waals surface area contributed by atoms with E-state index in [4.69, 9.17) is 9.47 Å². The number of amides is 1. The smallest absolute Gasteiger partial charge is 0.263 e. The fraction of sp³-hybridized carbons (Fsp3) is 0.333. The summed E-state index contributed by atoms with van der Waals surface area (Å²) in [5, 5.41) is 1.01. The zero-order valence-electron chi connectivity index (χ0n) is 18.1. The van der Waals surface area contributed by atoms with Crippen molar-refractivity contribution in [3.8, 4) is 5.75 Å². The lowest BCUT2D eigenvalue weighted by molar-refractivity contribution is -0.0254. The van der Waals surface area contributed by atoms with Crippen molar-refractivity contribution in [2.45, 2.75) is 6.10 Å². The number of methoxy groups -OCH3 is 1. The zero-order chi connectivity index (χ0) is 21.8. The summed E-state index contributed by atoms with van der Waals surface area (Å²) in [4.78, 5) is 22.9. The number of thiophene rings is 1. The number of nitrogens with zero attached hydrogens (tertiary/aromatic N) is 3. The van der Waals surface area contributed by atoms with E-state index >= 15 is 0 Å². The van der Waals surface area contributed by atoms with E-state index in [0.29, 0.717) is 6.61 Å². The number of carbonyl (C=O) groups excluding carboxylic acids is 1. The molecule has 0 bridgehead atoms. The fourth-order valence-electron chi connectivity index (χ4n) is 3.81. The number of rotatable bonds is 6. The lowest BCUT2D eigenvalue weighted by Crippen LogP contribution is -2.38. The van der Waals surface area contributed by atoms with Gasteiger partial charge in [-0.2, -0.15) is 0 Å². The average Bonchev–Trinajstić information content (AvgIpc) is 3.18. The summed E-state index contributed by atoms with van der Waals surface area (Å²) in [6, 6.07) is 11.9. The number of benzene rings is 1. The minimum absolute atomic E-state index is 0.00482. The first-order valence-electron chi connectivity index (χ1n) is 10.3. The van der Waals surface area contributed by atoms with Crippen LogP contribution in [0.4, 0.5) is 0 Å². The largest absolute Gasteiger partial charge is 0.496 e. The number of fused-ring (bicyclic) bond motifs is 1. The third-order valence-corrected chi connectivity index (χ3v) is 6.49. The van der Waals surface area contributed by atoms with Crippen molar-refractivity contribution in [2.75, 3.05) is 47.4 Å². The number of morpholine rings is 1. The second-order valence-electron chi connectivity index (χ2n) is 7.66. The minimum atomic E-state index is -0.162. The molecule has 31 heavy (non-hydrogen) atoms. The van der Waals surface area contributed by atoms with Gasteiger partial charge in [0.1, 0.15) is 15.5 Å². The van der Waals surface area contributed by atoms with E-state index in [1.54, 1.807) is 32.3 Å². The van der Waals surface area contributed by atoms with Crippen LogP contribution < -0.4 is 4.74 Å². The third-order valence-electron chi connectivity index (χ3n) is 5.38. The molecular formula is C24H27N3O3S. The van der Waals surface area contributed by atoms with Gasteiger partial charge in [0.15, 0.2) is 0 Å². The van der Waals surface area contributed by atoms with Gasteiger partial charge in [-0.3, -0.25) is 9.69 Å². The van der Waals surface area contributed by atoms with Crippen LogP contribution in [0.5, 0.6) is 5.75 Å². The third kappa shape index (κ3) is 4.63. The molecule has 1 fully saturated rings. The molecule has 3 heterocycles. The maximum absolute atomic E-state index is 12.9. The Morgan fingerprint density at radius 2 is 2.16 bits per heavy atom. The summed E-state index contributed by atoms with van der Waals surface area (Å²) in [5.74, 6) is 0.859. The highest BCUT2D eigenvalue weighted by atomic mass is 32.1. The summed E-state index contributed by atoms with van der Waals surface area (Å²) >= 11 is 1.45. The van der Waals surface area contributed by atoms with Gasteiger partial charge in [-0.25, -0.2) is 4.98 Å². The maximum atomic E-state index is 12.9. The molecule has 1 saturated heterocycles. The lowest BCUT2D eigenvalue weighted by atomic mass is 10.0. The Bertz CT molecular complexity index is 1090. The molecule has 2 aromatic heterocycles. The first-order valence-corrected chi connectivity index (χ1v) is 11.1. The van der Waals surface area contributed by atoms with Crippen LogP contribution in [0.2, 0.25) is 0 Å². The molecule has 1 unspecified atom stereocenters. The van der Waals surface area contributed by atoms with Crippen molar-refractivity contribution in [2.24, 2.45) is 0 Å². The van der Waals surface area contributed by atoms with Gasteiger partial charge < -0.3 is 14.4 Å². The number of ether oxygens (including phenoxy) is 2. The van der Waals surface area contributed by atoms with Crippen LogP contribution >= 0.6 is 11.3 Å². The summed E-state index contributed by atoms with van der Waals surface area (Å²) in [6.45, 7) is 3.00. The van der Waals surface area contributed by atoms with Gasteiger partial charge in [-0.05, 0) is 12.1 Å². The van der Waals surface area contributed by atoms with Crippen molar-refractivity contribution >= 4 is 33.5 Å². The van der Waals surface area contributed by atoms with Crippen LogP contribution in [0.3, 0.4) is 0 Å². The van der Waals surface area contributed by atoms with Gasteiger partial charge in [0, 0.05) is 56.4 Å². The number of pyridine rings is 1. The molecule has 0 saturated carbocycles. The summed E-state index contributed by atoms with van der Waals surface area (Å²) in [7, 11) is 5.24. The number of aromatic nitrogens is 1. The predicted octanol–water partition coefficient (Wildman–Crippen LogP) is 4.09. The number of hydrogen-bond donors (Lipinski definition) is 0.